The van der Waals surface area contributed by atoms with Gasteiger partial charge in [0.2, 0.25) is 0 Å². The maximum atomic E-state index is 13.1. The van der Waals surface area contributed by atoms with Crippen LogP contribution in [0.5, 0.6) is 0 Å². The molecule has 0 spiro atoms. The van der Waals surface area contributed by atoms with Crippen molar-refractivity contribution in [2.75, 3.05) is 0 Å². The third-order valence-corrected chi connectivity index (χ3v) is 6.83. The number of hydrogen-bond donors (Lipinski definition) is 0. The van der Waals surface area contributed by atoms with Crippen molar-refractivity contribution in [1.82, 2.24) is 0 Å². The Labute approximate surface area is 194 Å². The topological polar surface area (TPSA) is 52.6 Å². The van der Waals surface area contributed by atoms with Gasteiger partial charge in [-0.05, 0) is 104 Å². The summed E-state index contributed by atoms with van der Waals surface area (Å²) in [5.74, 6) is 1.67. The summed E-state index contributed by atoms with van der Waals surface area (Å²) >= 11 is 0. The van der Waals surface area contributed by atoms with Crippen LogP contribution in [-0.2, 0) is 19.1 Å². The molecular weight excluding hydrogens is 388 g/mol. The molecule has 0 N–H and O–H groups in total. The van der Waals surface area contributed by atoms with E-state index in [-0.39, 0.29) is 53.2 Å². The van der Waals surface area contributed by atoms with Crippen LogP contribution in [0, 0.1) is 29.1 Å². The molecule has 4 aliphatic rings. The van der Waals surface area contributed by atoms with E-state index in [9.17, 15) is 9.59 Å². The minimum absolute atomic E-state index is 0. The molecule has 0 amide bonds. The summed E-state index contributed by atoms with van der Waals surface area (Å²) < 4.78 is 11.8. The van der Waals surface area contributed by atoms with Crippen LogP contribution in [0.4, 0.5) is 0 Å². The molecule has 31 heavy (non-hydrogen) atoms. The van der Waals surface area contributed by atoms with E-state index in [1.165, 1.54) is 19.3 Å². The van der Waals surface area contributed by atoms with E-state index in [0.29, 0.717) is 12.8 Å². The lowest BCUT2D eigenvalue weighted by atomic mass is 9.54. The molecule has 0 aliphatic heterocycles. The van der Waals surface area contributed by atoms with Gasteiger partial charge >= 0.3 is 11.9 Å². The van der Waals surface area contributed by atoms with Crippen LogP contribution in [0.1, 0.15) is 123 Å². The first-order valence-corrected chi connectivity index (χ1v) is 10.9. The Morgan fingerprint density at radius 3 is 1.65 bits per heavy atom. The van der Waals surface area contributed by atoms with Crippen LogP contribution in [-0.4, -0.2) is 23.1 Å². The van der Waals surface area contributed by atoms with Crippen LogP contribution in [0.3, 0.4) is 0 Å². The van der Waals surface area contributed by atoms with Crippen LogP contribution in [0.15, 0.2) is 0 Å². The molecule has 0 heterocycles. The number of hydrogen-bond acceptors (Lipinski definition) is 4. The molecule has 0 aromatic carbocycles. The van der Waals surface area contributed by atoms with Gasteiger partial charge in [-0.3, -0.25) is 9.59 Å². The van der Waals surface area contributed by atoms with Crippen LogP contribution in [0.2, 0.25) is 0 Å². The number of carbonyl (C=O) groups excluding carboxylic acids is 2. The Hall–Kier alpha value is -1.06. The Balaban J connectivity index is 0. The summed E-state index contributed by atoms with van der Waals surface area (Å²) in [5, 5.41) is 0. The molecule has 4 saturated carbocycles. The van der Waals surface area contributed by atoms with Gasteiger partial charge in [-0.25, -0.2) is 0 Å². The Morgan fingerprint density at radius 2 is 1.29 bits per heavy atom. The molecule has 0 aromatic rings. The number of ether oxygens (including phenoxy) is 2. The lowest BCUT2D eigenvalue weighted by Crippen LogP contribution is -2.53. The highest BCUT2D eigenvalue weighted by molar-refractivity contribution is 5.78. The van der Waals surface area contributed by atoms with Crippen molar-refractivity contribution >= 4 is 11.9 Å². The molecule has 4 heteroatoms. The van der Waals surface area contributed by atoms with Gasteiger partial charge in [0.05, 0.1) is 11.3 Å². The summed E-state index contributed by atoms with van der Waals surface area (Å²) in [6.07, 6.45) is 8.32. The second kappa shape index (κ2) is 11.2. The Morgan fingerprint density at radius 1 is 0.871 bits per heavy atom. The van der Waals surface area contributed by atoms with Gasteiger partial charge in [-0.15, -0.1) is 0 Å². The van der Waals surface area contributed by atoms with Crippen molar-refractivity contribution in [2.24, 2.45) is 29.1 Å². The molecule has 4 nitrogen and oxygen atoms in total. The highest BCUT2D eigenvalue weighted by atomic mass is 16.6. The van der Waals surface area contributed by atoms with E-state index in [4.69, 9.17) is 9.47 Å². The largest absolute Gasteiger partial charge is 0.460 e. The summed E-state index contributed by atoms with van der Waals surface area (Å²) in [5.41, 5.74) is -1.43. The standard InChI is InChI=1S/C23H38O4.4CH4/c1-7-18(14-22(5,6)20(25)27-21(2,3)4)19(24)26-23-11-15-8-16(12-23)10-17(9-15)13-23;;;;/h15-18H,7-14H2,1-6H3;4*1H4. The Bertz CT molecular complexity index is 549. The SMILES string of the molecule is C.C.C.C.CCC(CC(C)(C)C(=O)OC(C)(C)C)C(=O)OC12CC3CC(CC(C3)C1)C2. The second-order valence-electron chi connectivity index (χ2n) is 11.2. The van der Waals surface area contributed by atoms with Gasteiger partial charge in [-0.1, -0.05) is 36.6 Å². The molecule has 4 bridgehead atoms. The zero-order valence-electron chi connectivity index (χ0n) is 18.1. The minimum Gasteiger partial charge on any atom is -0.460 e. The highest BCUT2D eigenvalue weighted by Crippen LogP contribution is 2.57. The first-order valence-electron chi connectivity index (χ1n) is 10.9. The zero-order valence-corrected chi connectivity index (χ0v) is 18.1. The molecule has 4 rings (SSSR count). The number of rotatable bonds is 6. The Kier molecular flexibility index (Phi) is 11.6. The fourth-order valence-electron chi connectivity index (χ4n) is 5.96. The maximum Gasteiger partial charge on any atom is 0.312 e. The normalized spacial score (nSPS) is 29.3. The van der Waals surface area contributed by atoms with Gasteiger partial charge in [0.15, 0.2) is 0 Å². The molecule has 4 aliphatic carbocycles. The summed E-state index contributed by atoms with van der Waals surface area (Å²) in [6.45, 7) is 11.4. The number of carbonyl (C=O) groups is 2. The summed E-state index contributed by atoms with van der Waals surface area (Å²) in [4.78, 5) is 25.7. The average molecular weight is 443 g/mol. The first-order chi connectivity index (χ1) is 12.4. The summed E-state index contributed by atoms with van der Waals surface area (Å²) in [7, 11) is 0. The monoisotopic (exact) mass is 442 g/mol. The third kappa shape index (κ3) is 7.49. The molecule has 0 radical (unpaired) electrons. The highest BCUT2D eigenvalue weighted by Gasteiger charge is 2.53. The first kappa shape index (κ1) is 32.1. The zero-order chi connectivity index (χ0) is 20.0. The van der Waals surface area contributed by atoms with Crippen molar-refractivity contribution in [3.63, 3.8) is 0 Å². The molecule has 186 valence electrons. The average Bonchev–Trinajstić information content (AvgIpc) is 2.49. The van der Waals surface area contributed by atoms with Crippen molar-refractivity contribution in [1.29, 1.82) is 0 Å². The van der Waals surface area contributed by atoms with Gasteiger partial charge in [0.25, 0.3) is 0 Å². The third-order valence-electron chi connectivity index (χ3n) is 6.83. The maximum absolute atomic E-state index is 13.1. The molecule has 4 fully saturated rings. The minimum atomic E-state index is -0.700. The van der Waals surface area contributed by atoms with Crippen LogP contribution < -0.4 is 0 Å². The van der Waals surface area contributed by atoms with E-state index in [1.807, 2.05) is 41.5 Å². The predicted octanol–water partition coefficient (Wildman–Crippen LogP) is 7.83. The second-order valence-corrected chi connectivity index (χ2v) is 11.2. The fraction of sp³-hybridized carbons (Fsp3) is 0.926. The molecular formula is C27H54O4. The smallest absolute Gasteiger partial charge is 0.312 e. The fourth-order valence-corrected chi connectivity index (χ4v) is 5.96. The molecule has 1 unspecified atom stereocenters. The van der Waals surface area contributed by atoms with Crippen LogP contribution in [0.25, 0.3) is 0 Å². The van der Waals surface area contributed by atoms with E-state index in [1.54, 1.807) is 0 Å². The summed E-state index contributed by atoms with van der Waals surface area (Å²) in [6, 6.07) is 0. The quantitative estimate of drug-likeness (QED) is 0.393. The van der Waals surface area contributed by atoms with E-state index >= 15 is 0 Å². The molecule has 0 saturated heterocycles. The predicted molar refractivity (Wildman–Crippen MR) is 132 cm³/mol. The van der Waals surface area contributed by atoms with Gasteiger partial charge in [0.1, 0.15) is 11.2 Å². The van der Waals surface area contributed by atoms with Crippen molar-refractivity contribution < 1.29 is 19.1 Å². The van der Waals surface area contributed by atoms with Gasteiger partial charge in [-0.2, -0.15) is 0 Å². The van der Waals surface area contributed by atoms with Gasteiger partial charge < -0.3 is 9.47 Å². The van der Waals surface area contributed by atoms with Crippen LogP contribution >= 0.6 is 0 Å². The lowest BCUT2D eigenvalue weighted by molar-refractivity contribution is -0.192. The van der Waals surface area contributed by atoms with Crippen molar-refractivity contribution in [3.8, 4) is 0 Å². The van der Waals surface area contributed by atoms with Crippen molar-refractivity contribution in [2.45, 2.75) is 134 Å². The van der Waals surface area contributed by atoms with Crippen molar-refractivity contribution in [3.05, 3.63) is 0 Å². The molecule has 1 atom stereocenters. The lowest BCUT2D eigenvalue weighted by Gasteiger charge is -2.56. The van der Waals surface area contributed by atoms with E-state index in [2.05, 4.69) is 0 Å². The van der Waals surface area contributed by atoms with E-state index in [0.717, 1.165) is 37.0 Å². The molecule has 0 aromatic heterocycles. The van der Waals surface area contributed by atoms with Gasteiger partial charge in [0, 0.05) is 0 Å². The van der Waals surface area contributed by atoms with E-state index < -0.39 is 11.0 Å². The number of esters is 2.